The molecule has 0 aliphatic rings. The fourth-order valence-electron chi connectivity index (χ4n) is 0.976. The van der Waals surface area contributed by atoms with Crippen LogP contribution in [0.5, 0.6) is 0 Å². The van der Waals surface area contributed by atoms with Gasteiger partial charge in [-0.05, 0) is 17.7 Å². The van der Waals surface area contributed by atoms with Crippen LogP contribution in [0.1, 0.15) is 11.1 Å². The molecule has 0 saturated heterocycles. The number of benzene rings is 1. The average molecular weight is 270 g/mol. The van der Waals surface area contributed by atoms with Gasteiger partial charge >= 0.3 is 6.18 Å². The Labute approximate surface area is 86.9 Å². The van der Waals surface area contributed by atoms with Gasteiger partial charge in [0, 0.05) is 4.47 Å². The lowest BCUT2D eigenvalue weighted by Crippen LogP contribution is -2.07. The predicted octanol–water partition coefficient (Wildman–Crippen LogP) is 2.86. The smallest absolute Gasteiger partial charge is 0.300 e. The maximum absolute atomic E-state index is 12.4. The number of hydrogen-bond donors (Lipinski definition) is 1. The largest absolute Gasteiger partial charge is 0.417 e. The third-order valence-electron chi connectivity index (χ3n) is 1.59. The van der Waals surface area contributed by atoms with Gasteiger partial charge in [-0.1, -0.05) is 22.0 Å². The Morgan fingerprint density at radius 1 is 1.36 bits per heavy atom. The average Bonchev–Trinajstić information content (AvgIpc) is 2.07. The van der Waals surface area contributed by atoms with Crippen LogP contribution in [0.3, 0.4) is 0 Å². The molecular weight excluding hydrogens is 263 g/mol. The Bertz CT molecular complexity index is 327. The zero-order valence-electron chi connectivity index (χ0n) is 6.94. The van der Waals surface area contributed by atoms with Crippen molar-refractivity contribution < 1.29 is 18.0 Å². The maximum Gasteiger partial charge on any atom is 0.417 e. The van der Waals surface area contributed by atoms with E-state index < -0.39 is 11.7 Å². The highest BCUT2D eigenvalue weighted by Crippen LogP contribution is 2.35. The fraction of sp³-hybridized carbons (Fsp3) is 0.250. The molecule has 1 rings (SSSR count). The van der Waals surface area contributed by atoms with Crippen molar-refractivity contribution in [3.63, 3.8) is 0 Å². The molecule has 0 aliphatic heterocycles. The van der Waals surface area contributed by atoms with Crippen LogP contribution in [-0.4, -0.2) is 0 Å². The molecule has 6 heteroatoms. The molecular formula is C8H7BrF3NO. The van der Waals surface area contributed by atoms with Gasteiger partial charge in [0.25, 0.3) is 0 Å². The zero-order chi connectivity index (χ0) is 10.8. The van der Waals surface area contributed by atoms with Crippen LogP contribution in [0.25, 0.3) is 0 Å². The summed E-state index contributed by atoms with van der Waals surface area (Å²) in [6, 6.07) is 3.82. The Kier molecular flexibility index (Phi) is 3.52. The molecule has 0 radical (unpaired) electrons. The van der Waals surface area contributed by atoms with E-state index in [2.05, 4.69) is 20.8 Å². The van der Waals surface area contributed by atoms with Gasteiger partial charge in [-0.2, -0.15) is 13.2 Å². The molecule has 0 atom stereocenters. The molecule has 0 saturated carbocycles. The summed E-state index contributed by atoms with van der Waals surface area (Å²) < 4.78 is 37.1. The van der Waals surface area contributed by atoms with Gasteiger partial charge in [-0.3, -0.25) is 4.84 Å². The van der Waals surface area contributed by atoms with Crippen LogP contribution in [-0.2, 0) is 17.6 Å². The van der Waals surface area contributed by atoms with Crippen molar-refractivity contribution in [2.75, 3.05) is 0 Å². The van der Waals surface area contributed by atoms with Crippen LogP contribution in [0.4, 0.5) is 13.2 Å². The second kappa shape index (κ2) is 4.29. The first kappa shape index (κ1) is 11.5. The van der Waals surface area contributed by atoms with Gasteiger partial charge in [-0.15, -0.1) is 0 Å². The van der Waals surface area contributed by atoms with E-state index in [-0.39, 0.29) is 11.1 Å². The maximum atomic E-state index is 12.4. The molecule has 1 aromatic rings. The lowest BCUT2D eigenvalue weighted by atomic mass is 10.1. The van der Waals surface area contributed by atoms with E-state index in [9.17, 15) is 13.2 Å². The summed E-state index contributed by atoms with van der Waals surface area (Å²) >= 11 is 2.83. The minimum absolute atomic E-state index is 0.00534. The van der Waals surface area contributed by atoms with Gasteiger partial charge in [0.15, 0.2) is 0 Å². The Balaban J connectivity index is 3.09. The quantitative estimate of drug-likeness (QED) is 0.838. The molecule has 0 spiro atoms. The molecule has 0 aliphatic carbocycles. The predicted molar refractivity (Wildman–Crippen MR) is 48.1 cm³/mol. The van der Waals surface area contributed by atoms with Gasteiger partial charge < -0.3 is 0 Å². The molecule has 0 aromatic heterocycles. The third-order valence-corrected chi connectivity index (χ3v) is 2.28. The van der Waals surface area contributed by atoms with Crippen molar-refractivity contribution in [1.29, 1.82) is 0 Å². The van der Waals surface area contributed by atoms with Crippen LogP contribution < -0.4 is 5.90 Å². The molecule has 1 aromatic carbocycles. The summed E-state index contributed by atoms with van der Waals surface area (Å²) in [4.78, 5) is 4.25. The molecule has 0 heterocycles. The number of hydrogen-bond acceptors (Lipinski definition) is 2. The first-order valence-electron chi connectivity index (χ1n) is 3.62. The minimum atomic E-state index is -4.37. The third kappa shape index (κ3) is 2.70. The van der Waals surface area contributed by atoms with E-state index in [4.69, 9.17) is 5.90 Å². The highest BCUT2D eigenvalue weighted by molar-refractivity contribution is 9.10. The lowest BCUT2D eigenvalue weighted by molar-refractivity contribution is -0.138. The van der Waals surface area contributed by atoms with Crippen LogP contribution in [0, 0.1) is 0 Å². The summed E-state index contributed by atoms with van der Waals surface area (Å²) in [5.41, 5.74) is -0.352. The Morgan fingerprint density at radius 2 is 2.00 bits per heavy atom. The molecule has 78 valence electrons. The second-order valence-corrected chi connectivity index (χ2v) is 3.48. The summed E-state index contributed by atoms with van der Waals surface area (Å²) in [6.45, 7) is -0.0453. The van der Waals surface area contributed by atoms with E-state index in [1.807, 2.05) is 0 Å². The zero-order valence-corrected chi connectivity index (χ0v) is 8.52. The summed E-state index contributed by atoms with van der Waals surface area (Å²) in [6.07, 6.45) is -4.37. The van der Waals surface area contributed by atoms with Crippen LogP contribution in [0.15, 0.2) is 22.7 Å². The Morgan fingerprint density at radius 3 is 2.50 bits per heavy atom. The molecule has 0 bridgehead atoms. The van der Waals surface area contributed by atoms with Gasteiger partial charge in [0.1, 0.15) is 0 Å². The van der Waals surface area contributed by atoms with E-state index in [1.54, 1.807) is 0 Å². The molecule has 14 heavy (non-hydrogen) atoms. The van der Waals surface area contributed by atoms with Crippen molar-refractivity contribution in [1.82, 2.24) is 0 Å². The van der Waals surface area contributed by atoms with Gasteiger partial charge in [0.2, 0.25) is 0 Å². The molecule has 0 fully saturated rings. The summed E-state index contributed by atoms with van der Waals surface area (Å²) in [5, 5.41) is 0. The first-order valence-corrected chi connectivity index (χ1v) is 4.41. The number of halogens is 4. The minimum Gasteiger partial charge on any atom is -0.300 e. The van der Waals surface area contributed by atoms with Crippen molar-refractivity contribution >= 4 is 15.9 Å². The SMILES string of the molecule is NOCc1ccc(Br)c(C(F)(F)F)c1. The summed E-state index contributed by atoms with van der Waals surface area (Å²) in [5.74, 6) is 4.76. The van der Waals surface area contributed by atoms with Crippen molar-refractivity contribution in [2.45, 2.75) is 12.8 Å². The molecule has 0 amide bonds. The normalized spacial score (nSPS) is 11.8. The second-order valence-electron chi connectivity index (χ2n) is 2.62. The van der Waals surface area contributed by atoms with E-state index >= 15 is 0 Å². The molecule has 2 nitrogen and oxygen atoms in total. The first-order chi connectivity index (χ1) is 6.45. The van der Waals surface area contributed by atoms with Crippen molar-refractivity contribution in [3.8, 4) is 0 Å². The van der Waals surface area contributed by atoms with Crippen LogP contribution >= 0.6 is 15.9 Å². The Hall–Kier alpha value is -0.590. The number of rotatable bonds is 2. The van der Waals surface area contributed by atoms with E-state index in [0.29, 0.717) is 5.56 Å². The van der Waals surface area contributed by atoms with E-state index in [1.165, 1.54) is 12.1 Å². The van der Waals surface area contributed by atoms with Crippen molar-refractivity contribution in [2.24, 2.45) is 5.90 Å². The summed E-state index contributed by atoms with van der Waals surface area (Å²) in [7, 11) is 0. The lowest BCUT2D eigenvalue weighted by Gasteiger charge is -2.10. The monoisotopic (exact) mass is 269 g/mol. The standard InChI is InChI=1S/C8H7BrF3NO/c9-7-2-1-5(4-14-13)3-6(7)8(10,11)12/h1-3H,4,13H2. The number of nitrogens with two attached hydrogens (primary N) is 1. The van der Waals surface area contributed by atoms with Gasteiger partial charge in [0.05, 0.1) is 12.2 Å². The highest BCUT2D eigenvalue weighted by Gasteiger charge is 2.32. The molecule has 0 unspecified atom stereocenters. The van der Waals surface area contributed by atoms with Crippen molar-refractivity contribution in [3.05, 3.63) is 33.8 Å². The number of alkyl halides is 3. The topological polar surface area (TPSA) is 35.2 Å². The van der Waals surface area contributed by atoms with Crippen LogP contribution in [0.2, 0.25) is 0 Å². The fourth-order valence-corrected chi connectivity index (χ4v) is 1.45. The highest BCUT2D eigenvalue weighted by atomic mass is 79.9. The van der Waals surface area contributed by atoms with Gasteiger partial charge in [-0.25, -0.2) is 5.90 Å². The van der Waals surface area contributed by atoms with E-state index in [0.717, 1.165) is 6.07 Å². The molecule has 2 N–H and O–H groups in total.